The van der Waals surface area contributed by atoms with Crippen LogP contribution < -0.4 is 15.8 Å². The molecule has 1 aliphatic carbocycles. The van der Waals surface area contributed by atoms with Crippen LogP contribution >= 0.6 is 12.2 Å². The van der Waals surface area contributed by atoms with Crippen molar-refractivity contribution in [1.82, 2.24) is 5.32 Å². The van der Waals surface area contributed by atoms with Gasteiger partial charge in [0.25, 0.3) is 5.91 Å². The maximum absolute atomic E-state index is 13.6. The van der Waals surface area contributed by atoms with Crippen LogP contribution in [-0.2, 0) is 4.79 Å². The standard InChI is InChI=1S/C15H19FN2O2S/c16-13-8-11(6-7-12(13)15(17)21)20-9-14(19)18-10-4-2-1-3-5-10/h6-8,10H,1-5,9H2,(H2,17,21)(H,18,19). The molecule has 0 saturated heterocycles. The molecule has 0 bridgehead atoms. The second kappa shape index (κ2) is 7.36. The molecule has 21 heavy (non-hydrogen) atoms. The Hall–Kier alpha value is -1.69. The summed E-state index contributed by atoms with van der Waals surface area (Å²) in [4.78, 5) is 11.8. The van der Waals surface area contributed by atoms with E-state index in [1.807, 2.05) is 0 Å². The summed E-state index contributed by atoms with van der Waals surface area (Å²) >= 11 is 4.72. The largest absolute Gasteiger partial charge is 0.484 e. The van der Waals surface area contributed by atoms with Crippen LogP contribution in [0.1, 0.15) is 37.7 Å². The van der Waals surface area contributed by atoms with Crippen molar-refractivity contribution in [3.05, 3.63) is 29.6 Å². The van der Waals surface area contributed by atoms with Crippen LogP contribution in [0.3, 0.4) is 0 Å². The van der Waals surface area contributed by atoms with Gasteiger partial charge in [0, 0.05) is 17.7 Å². The number of hydrogen-bond acceptors (Lipinski definition) is 3. The van der Waals surface area contributed by atoms with Crippen LogP contribution in [0.5, 0.6) is 5.75 Å². The molecule has 1 fully saturated rings. The van der Waals surface area contributed by atoms with E-state index in [9.17, 15) is 9.18 Å². The van der Waals surface area contributed by atoms with E-state index in [-0.39, 0.29) is 34.9 Å². The number of benzene rings is 1. The summed E-state index contributed by atoms with van der Waals surface area (Å²) in [7, 11) is 0. The Labute approximate surface area is 128 Å². The molecule has 0 radical (unpaired) electrons. The lowest BCUT2D eigenvalue weighted by Gasteiger charge is -2.22. The Bertz CT molecular complexity index is 530. The Balaban J connectivity index is 1.83. The number of carbonyl (C=O) groups is 1. The first-order chi connectivity index (χ1) is 10.1. The number of ether oxygens (including phenoxy) is 1. The lowest BCUT2D eigenvalue weighted by atomic mass is 9.95. The topological polar surface area (TPSA) is 64.3 Å². The average molecular weight is 310 g/mol. The number of rotatable bonds is 5. The van der Waals surface area contributed by atoms with Crippen molar-refractivity contribution in [2.75, 3.05) is 6.61 Å². The summed E-state index contributed by atoms with van der Waals surface area (Å²) < 4.78 is 18.9. The molecule has 1 aliphatic rings. The van der Waals surface area contributed by atoms with Crippen molar-refractivity contribution >= 4 is 23.1 Å². The van der Waals surface area contributed by atoms with Crippen molar-refractivity contribution in [3.8, 4) is 5.75 Å². The quantitative estimate of drug-likeness (QED) is 0.819. The number of nitrogens with two attached hydrogens (primary N) is 1. The van der Waals surface area contributed by atoms with Gasteiger partial charge in [-0.05, 0) is 25.0 Å². The molecule has 6 heteroatoms. The molecular weight excluding hydrogens is 291 g/mol. The SMILES string of the molecule is NC(=S)c1ccc(OCC(=O)NC2CCCCC2)cc1F. The Kier molecular flexibility index (Phi) is 5.50. The minimum atomic E-state index is -0.548. The fraction of sp³-hybridized carbons (Fsp3) is 0.467. The highest BCUT2D eigenvalue weighted by atomic mass is 32.1. The fourth-order valence-corrected chi connectivity index (χ4v) is 2.62. The van der Waals surface area contributed by atoms with Gasteiger partial charge in [-0.25, -0.2) is 4.39 Å². The molecule has 0 aliphatic heterocycles. The molecule has 0 atom stereocenters. The van der Waals surface area contributed by atoms with Crippen LogP contribution in [-0.4, -0.2) is 23.5 Å². The van der Waals surface area contributed by atoms with E-state index in [0.29, 0.717) is 0 Å². The highest BCUT2D eigenvalue weighted by Crippen LogP contribution is 2.18. The average Bonchev–Trinajstić information content (AvgIpc) is 2.46. The van der Waals surface area contributed by atoms with Gasteiger partial charge < -0.3 is 15.8 Å². The van der Waals surface area contributed by atoms with Gasteiger partial charge in [0.1, 0.15) is 16.6 Å². The third kappa shape index (κ3) is 4.67. The van der Waals surface area contributed by atoms with Gasteiger partial charge in [-0.3, -0.25) is 4.79 Å². The Morgan fingerprint density at radius 2 is 2.10 bits per heavy atom. The minimum Gasteiger partial charge on any atom is -0.484 e. The molecule has 1 aromatic carbocycles. The maximum atomic E-state index is 13.6. The predicted molar refractivity (Wildman–Crippen MR) is 82.8 cm³/mol. The molecule has 1 amide bonds. The fourth-order valence-electron chi connectivity index (χ4n) is 2.45. The molecule has 0 aromatic heterocycles. The van der Waals surface area contributed by atoms with Crippen molar-refractivity contribution in [1.29, 1.82) is 0 Å². The van der Waals surface area contributed by atoms with Crippen molar-refractivity contribution < 1.29 is 13.9 Å². The van der Waals surface area contributed by atoms with E-state index in [1.165, 1.54) is 18.6 Å². The van der Waals surface area contributed by atoms with E-state index in [2.05, 4.69) is 5.32 Å². The summed E-state index contributed by atoms with van der Waals surface area (Å²) in [5.41, 5.74) is 5.55. The first-order valence-electron chi connectivity index (χ1n) is 7.08. The van der Waals surface area contributed by atoms with Crippen molar-refractivity contribution in [2.45, 2.75) is 38.1 Å². The summed E-state index contributed by atoms with van der Waals surface area (Å²) in [6.07, 6.45) is 5.57. The zero-order chi connectivity index (χ0) is 15.2. The van der Waals surface area contributed by atoms with Crippen molar-refractivity contribution in [3.63, 3.8) is 0 Å². The van der Waals surface area contributed by atoms with E-state index in [1.54, 1.807) is 6.07 Å². The minimum absolute atomic E-state index is 0.00547. The normalized spacial score (nSPS) is 15.5. The van der Waals surface area contributed by atoms with Crippen LogP contribution in [0.4, 0.5) is 4.39 Å². The summed E-state index contributed by atoms with van der Waals surface area (Å²) in [5.74, 6) is -0.445. The molecular formula is C15H19FN2O2S. The van der Waals surface area contributed by atoms with Gasteiger partial charge >= 0.3 is 0 Å². The third-order valence-electron chi connectivity index (χ3n) is 3.55. The highest BCUT2D eigenvalue weighted by molar-refractivity contribution is 7.80. The van der Waals surface area contributed by atoms with Gasteiger partial charge in [-0.1, -0.05) is 31.5 Å². The molecule has 1 aromatic rings. The zero-order valence-electron chi connectivity index (χ0n) is 11.7. The van der Waals surface area contributed by atoms with Gasteiger partial charge in [-0.15, -0.1) is 0 Å². The Morgan fingerprint density at radius 3 is 2.71 bits per heavy atom. The maximum Gasteiger partial charge on any atom is 0.258 e. The van der Waals surface area contributed by atoms with Crippen LogP contribution in [0.15, 0.2) is 18.2 Å². The molecule has 114 valence electrons. The lowest BCUT2D eigenvalue weighted by molar-refractivity contribution is -0.124. The smallest absolute Gasteiger partial charge is 0.258 e. The molecule has 0 unspecified atom stereocenters. The van der Waals surface area contributed by atoms with Gasteiger partial charge in [0.15, 0.2) is 6.61 Å². The highest BCUT2D eigenvalue weighted by Gasteiger charge is 2.16. The van der Waals surface area contributed by atoms with E-state index in [4.69, 9.17) is 22.7 Å². The molecule has 1 saturated carbocycles. The number of nitrogens with one attached hydrogen (secondary N) is 1. The first kappa shape index (κ1) is 15.7. The van der Waals surface area contributed by atoms with Crippen LogP contribution in [0.25, 0.3) is 0 Å². The van der Waals surface area contributed by atoms with Gasteiger partial charge in [0.05, 0.1) is 0 Å². The summed E-state index contributed by atoms with van der Waals surface area (Å²) in [6, 6.07) is 4.42. The zero-order valence-corrected chi connectivity index (χ0v) is 12.5. The van der Waals surface area contributed by atoms with Gasteiger partial charge in [0.2, 0.25) is 0 Å². The summed E-state index contributed by atoms with van der Waals surface area (Å²) in [6.45, 7) is -0.123. The predicted octanol–water partition coefficient (Wildman–Crippen LogP) is 2.29. The Morgan fingerprint density at radius 1 is 1.38 bits per heavy atom. The second-order valence-corrected chi connectivity index (χ2v) is 5.64. The molecule has 2 rings (SSSR count). The van der Waals surface area contributed by atoms with E-state index >= 15 is 0 Å². The number of amides is 1. The van der Waals surface area contributed by atoms with Crippen molar-refractivity contribution in [2.24, 2.45) is 5.73 Å². The van der Waals surface area contributed by atoms with E-state index in [0.717, 1.165) is 25.7 Å². The molecule has 0 spiro atoms. The number of hydrogen-bond donors (Lipinski definition) is 2. The lowest BCUT2D eigenvalue weighted by Crippen LogP contribution is -2.38. The molecule has 3 N–H and O–H groups in total. The second-order valence-electron chi connectivity index (χ2n) is 5.20. The molecule has 4 nitrogen and oxygen atoms in total. The number of halogens is 1. The first-order valence-corrected chi connectivity index (χ1v) is 7.48. The molecule has 0 heterocycles. The monoisotopic (exact) mass is 310 g/mol. The summed E-state index contributed by atoms with van der Waals surface area (Å²) in [5, 5.41) is 2.93. The van der Waals surface area contributed by atoms with Crippen LogP contribution in [0, 0.1) is 5.82 Å². The van der Waals surface area contributed by atoms with Gasteiger partial charge in [-0.2, -0.15) is 0 Å². The number of carbonyl (C=O) groups excluding carboxylic acids is 1. The van der Waals surface area contributed by atoms with E-state index < -0.39 is 5.82 Å². The third-order valence-corrected chi connectivity index (χ3v) is 3.77. The number of thiocarbonyl (C=S) groups is 1. The van der Waals surface area contributed by atoms with Crippen LogP contribution in [0.2, 0.25) is 0 Å².